The molecule has 1 aliphatic carbocycles. The lowest BCUT2D eigenvalue weighted by Gasteiger charge is -2.26. The largest absolute Gasteiger partial charge is 0.478 e. The first-order valence-electron chi connectivity index (χ1n) is 6.82. The lowest BCUT2D eigenvalue weighted by Crippen LogP contribution is -2.33. The summed E-state index contributed by atoms with van der Waals surface area (Å²) < 4.78 is 0. The summed E-state index contributed by atoms with van der Waals surface area (Å²) in [5, 5.41) is 12.1. The summed E-state index contributed by atoms with van der Waals surface area (Å²) >= 11 is 5.89. The maximum absolute atomic E-state index is 12.5. The Morgan fingerprint density at radius 2 is 1.95 bits per heavy atom. The number of halogens is 1. The van der Waals surface area contributed by atoms with Crippen LogP contribution in [0.1, 0.15) is 49.4 Å². The fourth-order valence-corrected chi connectivity index (χ4v) is 3.08. The highest BCUT2D eigenvalue weighted by Gasteiger charge is 2.39. The highest BCUT2D eigenvalue weighted by Crippen LogP contribution is 2.41. The predicted octanol–water partition coefficient (Wildman–Crippen LogP) is 3.95. The van der Waals surface area contributed by atoms with Crippen molar-refractivity contribution in [1.29, 1.82) is 0 Å². The first-order chi connectivity index (χ1) is 9.47. The number of rotatable bonds is 4. The molecule has 4 nitrogen and oxygen atoms in total. The third kappa shape index (κ3) is 2.96. The normalized spacial score (nSPS) is 16.9. The van der Waals surface area contributed by atoms with Gasteiger partial charge >= 0.3 is 5.97 Å². The summed E-state index contributed by atoms with van der Waals surface area (Å²) in [6.07, 6.45) is 4.71. The van der Waals surface area contributed by atoms with E-state index >= 15 is 0 Å². The van der Waals surface area contributed by atoms with Crippen molar-refractivity contribution in [2.75, 3.05) is 5.32 Å². The van der Waals surface area contributed by atoms with Gasteiger partial charge in [-0.05, 0) is 37.5 Å². The van der Waals surface area contributed by atoms with E-state index in [4.69, 9.17) is 16.7 Å². The van der Waals surface area contributed by atoms with Crippen LogP contribution >= 0.6 is 11.6 Å². The van der Waals surface area contributed by atoms with Gasteiger partial charge < -0.3 is 10.4 Å². The van der Waals surface area contributed by atoms with Crippen molar-refractivity contribution in [1.82, 2.24) is 0 Å². The van der Waals surface area contributed by atoms with Crippen molar-refractivity contribution in [3.8, 4) is 0 Å². The van der Waals surface area contributed by atoms with Gasteiger partial charge in [0.1, 0.15) is 0 Å². The summed E-state index contributed by atoms with van der Waals surface area (Å²) in [4.78, 5) is 23.5. The smallest absolute Gasteiger partial charge is 0.335 e. The average molecular weight is 296 g/mol. The van der Waals surface area contributed by atoms with Crippen LogP contribution in [0.4, 0.5) is 5.69 Å². The fraction of sp³-hybridized carbons (Fsp3) is 0.467. The molecule has 1 aliphatic rings. The Labute approximate surface area is 123 Å². The van der Waals surface area contributed by atoms with E-state index in [-0.39, 0.29) is 16.9 Å². The van der Waals surface area contributed by atoms with Crippen LogP contribution in [-0.2, 0) is 4.79 Å². The van der Waals surface area contributed by atoms with Crippen LogP contribution in [0.15, 0.2) is 18.2 Å². The minimum Gasteiger partial charge on any atom is -0.478 e. The van der Waals surface area contributed by atoms with E-state index in [0.717, 1.165) is 32.1 Å². The molecule has 5 heteroatoms. The number of aromatic carboxylic acids is 1. The van der Waals surface area contributed by atoms with E-state index in [1.54, 1.807) is 6.07 Å². The van der Waals surface area contributed by atoms with Crippen molar-refractivity contribution in [2.45, 2.75) is 39.0 Å². The van der Waals surface area contributed by atoms with E-state index < -0.39 is 5.97 Å². The van der Waals surface area contributed by atoms with Crippen molar-refractivity contribution in [2.24, 2.45) is 5.41 Å². The highest BCUT2D eigenvalue weighted by atomic mass is 35.5. The second-order valence-corrected chi connectivity index (χ2v) is 5.77. The molecule has 108 valence electrons. The average Bonchev–Trinajstić information content (AvgIpc) is 2.88. The van der Waals surface area contributed by atoms with Gasteiger partial charge in [-0.2, -0.15) is 0 Å². The molecule has 0 radical (unpaired) electrons. The lowest BCUT2D eigenvalue weighted by atomic mass is 9.82. The molecule has 0 atom stereocenters. The Bertz CT molecular complexity index is 536. The van der Waals surface area contributed by atoms with Gasteiger partial charge in [0.05, 0.1) is 5.56 Å². The molecule has 20 heavy (non-hydrogen) atoms. The zero-order valence-electron chi connectivity index (χ0n) is 11.4. The van der Waals surface area contributed by atoms with E-state index in [2.05, 4.69) is 5.32 Å². The maximum atomic E-state index is 12.5. The highest BCUT2D eigenvalue weighted by molar-refractivity contribution is 6.31. The van der Waals surface area contributed by atoms with Gasteiger partial charge in [0.25, 0.3) is 0 Å². The van der Waals surface area contributed by atoms with E-state index in [0.29, 0.717) is 10.7 Å². The van der Waals surface area contributed by atoms with Crippen LogP contribution < -0.4 is 5.32 Å². The third-order valence-corrected chi connectivity index (χ3v) is 4.34. The van der Waals surface area contributed by atoms with E-state index in [9.17, 15) is 9.59 Å². The minimum absolute atomic E-state index is 0.0314. The van der Waals surface area contributed by atoms with Crippen LogP contribution in [0.5, 0.6) is 0 Å². The first-order valence-corrected chi connectivity index (χ1v) is 7.20. The Morgan fingerprint density at radius 3 is 2.50 bits per heavy atom. The molecule has 0 unspecified atom stereocenters. The Morgan fingerprint density at radius 1 is 1.30 bits per heavy atom. The molecule has 0 spiro atoms. The molecule has 1 amide bonds. The van der Waals surface area contributed by atoms with Gasteiger partial charge in [-0.15, -0.1) is 0 Å². The molecule has 0 aromatic heterocycles. The molecular formula is C15H18ClNO3. The molecule has 1 aromatic carbocycles. The first kappa shape index (κ1) is 14.9. The van der Waals surface area contributed by atoms with E-state index in [1.807, 2.05) is 6.92 Å². The molecule has 0 aliphatic heterocycles. The number of benzene rings is 1. The number of hydrogen-bond donors (Lipinski definition) is 2. The van der Waals surface area contributed by atoms with Gasteiger partial charge in [0, 0.05) is 16.1 Å². The lowest BCUT2D eigenvalue weighted by molar-refractivity contribution is -0.125. The number of carbonyl (C=O) groups excluding carboxylic acids is 1. The molecule has 2 rings (SSSR count). The molecule has 1 saturated carbocycles. The van der Waals surface area contributed by atoms with Crippen molar-refractivity contribution >= 4 is 29.2 Å². The summed E-state index contributed by atoms with van der Waals surface area (Å²) in [5.41, 5.74) is 0.204. The summed E-state index contributed by atoms with van der Waals surface area (Å²) in [6, 6.07) is 4.37. The maximum Gasteiger partial charge on any atom is 0.335 e. The number of carbonyl (C=O) groups is 2. The Hall–Kier alpha value is -1.55. The standard InChI is InChI=1S/C15H18ClNO3/c1-2-15(5-3-4-6-15)14(20)17-12-8-10(13(18)19)7-11(16)9-12/h7-9H,2-6H2,1H3,(H,17,20)(H,18,19). The molecule has 2 N–H and O–H groups in total. The predicted molar refractivity (Wildman–Crippen MR) is 78.2 cm³/mol. The van der Waals surface area contributed by atoms with Gasteiger partial charge in [0.2, 0.25) is 5.91 Å². The second-order valence-electron chi connectivity index (χ2n) is 5.33. The summed E-state index contributed by atoms with van der Waals surface area (Å²) in [7, 11) is 0. The second kappa shape index (κ2) is 5.83. The van der Waals surface area contributed by atoms with Crippen molar-refractivity contribution < 1.29 is 14.7 Å². The molecule has 0 heterocycles. The molecule has 0 bridgehead atoms. The zero-order chi connectivity index (χ0) is 14.8. The fourth-order valence-electron chi connectivity index (χ4n) is 2.84. The topological polar surface area (TPSA) is 66.4 Å². The van der Waals surface area contributed by atoms with Crippen LogP contribution in [0.2, 0.25) is 5.02 Å². The number of nitrogens with one attached hydrogen (secondary N) is 1. The van der Waals surface area contributed by atoms with Crippen molar-refractivity contribution in [3.63, 3.8) is 0 Å². The summed E-state index contributed by atoms with van der Waals surface area (Å²) in [5.74, 6) is -1.09. The van der Waals surface area contributed by atoms with Crippen LogP contribution in [-0.4, -0.2) is 17.0 Å². The SMILES string of the molecule is CCC1(C(=O)Nc2cc(Cl)cc(C(=O)O)c2)CCCC1. The zero-order valence-corrected chi connectivity index (χ0v) is 12.2. The van der Waals surface area contributed by atoms with Crippen molar-refractivity contribution in [3.05, 3.63) is 28.8 Å². The quantitative estimate of drug-likeness (QED) is 0.884. The molecular weight excluding hydrogens is 278 g/mol. The number of amides is 1. The minimum atomic E-state index is -1.06. The monoisotopic (exact) mass is 295 g/mol. The van der Waals surface area contributed by atoms with E-state index in [1.165, 1.54) is 12.1 Å². The Balaban J connectivity index is 2.21. The summed E-state index contributed by atoms with van der Waals surface area (Å²) in [6.45, 7) is 2.02. The number of carboxylic acid groups (broad SMARTS) is 1. The van der Waals surface area contributed by atoms with Crippen LogP contribution in [0, 0.1) is 5.41 Å². The Kier molecular flexibility index (Phi) is 4.33. The molecule has 0 saturated heterocycles. The van der Waals surface area contributed by atoms with Gasteiger partial charge in [0.15, 0.2) is 0 Å². The van der Waals surface area contributed by atoms with Crippen LogP contribution in [0.25, 0.3) is 0 Å². The third-order valence-electron chi connectivity index (χ3n) is 4.12. The molecule has 1 fully saturated rings. The van der Waals surface area contributed by atoms with Gasteiger partial charge in [-0.3, -0.25) is 4.79 Å². The molecule has 1 aromatic rings. The van der Waals surface area contributed by atoms with Gasteiger partial charge in [-0.25, -0.2) is 4.79 Å². The number of anilines is 1. The number of hydrogen-bond acceptors (Lipinski definition) is 2. The van der Waals surface area contributed by atoms with Gasteiger partial charge in [-0.1, -0.05) is 31.4 Å². The van der Waals surface area contributed by atoms with Crippen LogP contribution in [0.3, 0.4) is 0 Å². The number of carboxylic acids is 1.